The van der Waals surface area contributed by atoms with Crippen LogP contribution in [0.3, 0.4) is 0 Å². The van der Waals surface area contributed by atoms with Crippen molar-refractivity contribution < 1.29 is 14.7 Å². The zero-order chi connectivity index (χ0) is 14.5. The van der Waals surface area contributed by atoms with Gasteiger partial charge in [-0.3, -0.25) is 14.5 Å². The van der Waals surface area contributed by atoms with Crippen molar-refractivity contribution in [1.82, 2.24) is 9.88 Å². The molecule has 0 saturated carbocycles. The fourth-order valence-electron chi connectivity index (χ4n) is 2.46. The lowest BCUT2D eigenvalue weighted by atomic mass is 9.99. The molecule has 2 heterocycles. The summed E-state index contributed by atoms with van der Waals surface area (Å²) in [5, 5.41) is 14.2. The number of carboxylic acid groups (broad SMARTS) is 1. The van der Waals surface area contributed by atoms with Crippen LogP contribution in [-0.4, -0.2) is 46.0 Å². The number of hydrogen-bond donors (Lipinski definition) is 2. The molecular formula is C13H19N3O3S. The molecule has 7 heteroatoms. The van der Waals surface area contributed by atoms with Crippen LogP contribution in [-0.2, 0) is 9.59 Å². The van der Waals surface area contributed by atoms with E-state index in [1.807, 2.05) is 17.2 Å². The highest BCUT2D eigenvalue weighted by atomic mass is 32.1. The van der Waals surface area contributed by atoms with Gasteiger partial charge in [0.1, 0.15) is 0 Å². The summed E-state index contributed by atoms with van der Waals surface area (Å²) in [6.45, 7) is 2.89. The van der Waals surface area contributed by atoms with E-state index in [-0.39, 0.29) is 24.9 Å². The number of likely N-dealkylation sites (tertiary alicyclic amines) is 1. The number of thiazole rings is 1. The molecule has 2 rings (SSSR count). The maximum atomic E-state index is 12.0. The molecule has 0 spiro atoms. The second-order valence-electron chi connectivity index (χ2n) is 5.06. The van der Waals surface area contributed by atoms with Gasteiger partial charge in [-0.05, 0) is 26.3 Å². The van der Waals surface area contributed by atoms with Gasteiger partial charge in [0, 0.05) is 11.4 Å². The molecule has 1 aliphatic rings. The summed E-state index contributed by atoms with van der Waals surface area (Å²) in [5.74, 6) is -0.936. The molecular weight excluding hydrogens is 278 g/mol. The van der Waals surface area contributed by atoms with Gasteiger partial charge in [0.2, 0.25) is 5.91 Å². The molecule has 1 aromatic heterocycles. The van der Waals surface area contributed by atoms with Crippen LogP contribution in [0.5, 0.6) is 0 Å². The van der Waals surface area contributed by atoms with Crippen molar-refractivity contribution in [3.8, 4) is 0 Å². The van der Waals surface area contributed by atoms with Crippen LogP contribution in [0.4, 0.5) is 5.13 Å². The first-order valence-corrected chi connectivity index (χ1v) is 7.60. The number of hydrogen-bond acceptors (Lipinski definition) is 5. The van der Waals surface area contributed by atoms with Crippen molar-refractivity contribution in [2.75, 3.05) is 18.4 Å². The number of carboxylic acids is 1. The standard InChI is InChI=1S/C13H19N3O3S/c1-9-8-20-13(14-9)15-11(17)7-16-5-3-2-4-10(16)6-12(18)19/h8,10H,2-7H2,1H3,(H,18,19)(H,14,15,17). The van der Waals surface area contributed by atoms with E-state index in [0.29, 0.717) is 5.13 Å². The van der Waals surface area contributed by atoms with Gasteiger partial charge in [0.25, 0.3) is 0 Å². The lowest BCUT2D eigenvalue weighted by Crippen LogP contribution is -2.44. The number of anilines is 1. The molecule has 20 heavy (non-hydrogen) atoms. The normalized spacial score (nSPS) is 19.8. The topological polar surface area (TPSA) is 82.5 Å². The molecule has 1 aliphatic heterocycles. The van der Waals surface area contributed by atoms with Crippen LogP contribution >= 0.6 is 11.3 Å². The zero-order valence-electron chi connectivity index (χ0n) is 11.5. The average molecular weight is 297 g/mol. The Kier molecular flexibility index (Phi) is 5.08. The number of amides is 1. The third-order valence-electron chi connectivity index (χ3n) is 3.37. The van der Waals surface area contributed by atoms with Crippen LogP contribution in [0, 0.1) is 6.92 Å². The number of carbonyl (C=O) groups is 2. The molecule has 0 bridgehead atoms. The third kappa shape index (κ3) is 4.28. The molecule has 1 atom stereocenters. The van der Waals surface area contributed by atoms with Crippen molar-refractivity contribution in [2.45, 2.75) is 38.6 Å². The fourth-order valence-corrected chi connectivity index (χ4v) is 3.16. The number of nitrogens with zero attached hydrogens (tertiary/aromatic N) is 2. The van der Waals surface area contributed by atoms with Gasteiger partial charge in [-0.2, -0.15) is 0 Å². The predicted molar refractivity (Wildman–Crippen MR) is 76.9 cm³/mol. The van der Waals surface area contributed by atoms with E-state index in [9.17, 15) is 9.59 Å². The van der Waals surface area contributed by atoms with E-state index in [0.717, 1.165) is 31.5 Å². The van der Waals surface area contributed by atoms with Gasteiger partial charge in [-0.25, -0.2) is 4.98 Å². The van der Waals surface area contributed by atoms with Crippen LogP contribution < -0.4 is 5.32 Å². The Morgan fingerprint density at radius 2 is 2.35 bits per heavy atom. The van der Waals surface area contributed by atoms with Crippen molar-refractivity contribution in [3.05, 3.63) is 11.1 Å². The van der Waals surface area contributed by atoms with Crippen molar-refractivity contribution in [3.63, 3.8) is 0 Å². The number of nitrogens with one attached hydrogen (secondary N) is 1. The molecule has 2 N–H and O–H groups in total. The van der Waals surface area contributed by atoms with Crippen molar-refractivity contribution in [2.24, 2.45) is 0 Å². The Hall–Kier alpha value is -1.47. The Balaban J connectivity index is 1.89. The summed E-state index contributed by atoms with van der Waals surface area (Å²) >= 11 is 1.40. The average Bonchev–Trinajstić information content (AvgIpc) is 2.76. The highest BCUT2D eigenvalue weighted by molar-refractivity contribution is 7.13. The van der Waals surface area contributed by atoms with E-state index in [2.05, 4.69) is 10.3 Å². The zero-order valence-corrected chi connectivity index (χ0v) is 12.3. The number of aromatic nitrogens is 1. The predicted octanol–water partition coefficient (Wildman–Crippen LogP) is 1.72. The number of carbonyl (C=O) groups excluding carboxylic acids is 1. The van der Waals surface area contributed by atoms with Crippen molar-refractivity contribution >= 4 is 28.3 Å². The maximum Gasteiger partial charge on any atom is 0.304 e. The minimum Gasteiger partial charge on any atom is -0.481 e. The number of piperidine rings is 1. The molecule has 0 aliphatic carbocycles. The van der Waals surface area contributed by atoms with Gasteiger partial charge in [-0.15, -0.1) is 11.3 Å². The first-order valence-electron chi connectivity index (χ1n) is 6.72. The van der Waals surface area contributed by atoms with Gasteiger partial charge < -0.3 is 10.4 Å². The van der Waals surface area contributed by atoms with Gasteiger partial charge in [0.15, 0.2) is 5.13 Å². The van der Waals surface area contributed by atoms with Gasteiger partial charge in [0.05, 0.1) is 18.7 Å². The Morgan fingerprint density at radius 1 is 1.55 bits per heavy atom. The van der Waals surface area contributed by atoms with Crippen molar-refractivity contribution in [1.29, 1.82) is 0 Å². The van der Waals surface area contributed by atoms with Crippen LogP contribution in [0.15, 0.2) is 5.38 Å². The Bertz CT molecular complexity index is 489. The summed E-state index contributed by atoms with van der Waals surface area (Å²) < 4.78 is 0. The summed E-state index contributed by atoms with van der Waals surface area (Å²) in [7, 11) is 0. The number of rotatable bonds is 5. The number of aryl methyl sites for hydroxylation is 1. The second-order valence-corrected chi connectivity index (χ2v) is 5.92. The van der Waals surface area contributed by atoms with E-state index >= 15 is 0 Å². The molecule has 1 aromatic rings. The monoisotopic (exact) mass is 297 g/mol. The quantitative estimate of drug-likeness (QED) is 0.864. The van der Waals surface area contributed by atoms with E-state index < -0.39 is 5.97 Å². The molecule has 1 fully saturated rings. The van der Waals surface area contributed by atoms with Crippen LogP contribution in [0.1, 0.15) is 31.4 Å². The van der Waals surface area contributed by atoms with Crippen LogP contribution in [0.25, 0.3) is 0 Å². The fraction of sp³-hybridized carbons (Fsp3) is 0.615. The Labute approximate surface area is 121 Å². The summed E-state index contributed by atoms with van der Waals surface area (Å²) in [4.78, 5) is 29.0. The van der Waals surface area contributed by atoms with E-state index in [1.54, 1.807) is 0 Å². The minimum atomic E-state index is -0.808. The molecule has 1 saturated heterocycles. The largest absolute Gasteiger partial charge is 0.481 e. The first-order chi connectivity index (χ1) is 9.54. The van der Waals surface area contributed by atoms with E-state index in [4.69, 9.17) is 5.11 Å². The summed E-state index contributed by atoms with van der Waals surface area (Å²) in [6, 6.07) is -0.0370. The molecule has 6 nitrogen and oxygen atoms in total. The maximum absolute atomic E-state index is 12.0. The second kappa shape index (κ2) is 6.81. The van der Waals surface area contributed by atoms with Gasteiger partial charge >= 0.3 is 5.97 Å². The molecule has 1 amide bonds. The number of aliphatic carboxylic acids is 1. The summed E-state index contributed by atoms with van der Waals surface area (Å²) in [6.07, 6.45) is 2.99. The smallest absolute Gasteiger partial charge is 0.304 e. The molecule has 0 aromatic carbocycles. The Morgan fingerprint density at radius 3 is 3.00 bits per heavy atom. The highest BCUT2D eigenvalue weighted by Crippen LogP contribution is 2.20. The van der Waals surface area contributed by atoms with Crippen LogP contribution in [0.2, 0.25) is 0 Å². The SMILES string of the molecule is Cc1csc(NC(=O)CN2CCCCC2CC(=O)O)n1. The highest BCUT2D eigenvalue weighted by Gasteiger charge is 2.26. The molecule has 0 radical (unpaired) electrons. The van der Waals surface area contributed by atoms with E-state index in [1.165, 1.54) is 11.3 Å². The minimum absolute atomic E-state index is 0.0370. The molecule has 110 valence electrons. The lowest BCUT2D eigenvalue weighted by Gasteiger charge is -2.34. The first kappa shape index (κ1) is 14.9. The third-order valence-corrected chi connectivity index (χ3v) is 4.25. The molecule has 1 unspecified atom stereocenters. The summed E-state index contributed by atoms with van der Waals surface area (Å²) in [5.41, 5.74) is 0.882. The van der Waals surface area contributed by atoms with Gasteiger partial charge in [-0.1, -0.05) is 6.42 Å². The lowest BCUT2D eigenvalue weighted by molar-refractivity contribution is -0.139.